The minimum atomic E-state index is -1.35. The van der Waals surface area contributed by atoms with Gasteiger partial charge in [-0.15, -0.1) is 11.6 Å². The van der Waals surface area contributed by atoms with Crippen molar-refractivity contribution >= 4 is 29.4 Å². The maximum atomic E-state index is 13.2. The average molecular weight is 292 g/mol. The van der Waals surface area contributed by atoms with Crippen LogP contribution in [0.25, 0.3) is 0 Å². The maximum Gasteiger partial charge on any atom is 0.440 e. The largest absolute Gasteiger partial charge is 0.440 e. The third-order valence-corrected chi connectivity index (χ3v) is 2.06. The summed E-state index contributed by atoms with van der Waals surface area (Å²) in [5.74, 6) is -3.94. The van der Waals surface area contributed by atoms with Crippen LogP contribution in [0.3, 0.4) is 0 Å². The first kappa shape index (κ1) is 14.8. The molecule has 0 aromatic heterocycles. The van der Waals surface area contributed by atoms with Gasteiger partial charge in [-0.2, -0.15) is 0 Å². The lowest BCUT2D eigenvalue weighted by Gasteiger charge is -2.04. The van der Waals surface area contributed by atoms with Crippen molar-refractivity contribution in [1.82, 2.24) is 5.32 Å². The Labute approximate surface area is 111 Å². The summed E-state index contributed by atoms with van der Waals surface area (Å²) >= 11 is 5.25. The standard InChI is InChI=1S/C10H8ClF2N3O3/c11-4-7(14)16-19-10(18)15-9(17)8-5(12)2-1-3-6(8)13/h1-3H,4H2,(H2,14,16)(H,15,17,18). The van der Waals surface area contributed by atoms with E-state index in [0.29, 0.717) is 0 Å². The minimum Gasteiger partial charge on any atom is -0.383 e. The van der Waals surface area contributed by atoms with Gasteiger partial charge >= 0.3 is 6.09 Å². The monoisotopic (exact) mass is 291 g/mol. The molecule has 1 aromatic carbocycles. The number of hydrogen-bond donors (Lipinski definition) is 2. The maximum absolute atomic E-state index is 13.2. The van der Waals surface area contributed by atoms with Crippen LogP contribution in [-0.4, -0.2) is 23.7 Å². The number of amides is 2. The fourth-order valence-corrected chi connectivity index (χ4v) is 1.07. The number of nitrogens with one attached hydrogen (secondary N) is 1. The predicted octanol–water partition coefficient (Wildman–Crippen LogP) is 1.34. The predicted molar refractivity (Wildman–Crippen MR) is 62.6 cm³/mol. The minimum absolute atomic E-state index is 0.191. The lowest BCUT2D eigenvalue weighted by molar-refractivity contribution is 0.0915. The molecule has 0 saturated carbocycles. The number of alkyl halides is 1. The van der Waals surface area contributed by atoms with Crippen LogP contribution >= 0.6 is 11.6 Å². The zero-order valence-corrected chi connectivity index (χ0v) is 10.1. The molecule has 3 N–H and O–H groups in total. The fraction of sp³-hybridized carbons (Fsp3) is 0.100. The van der Waals surface area contributed by atoms with Gasteiger partial charge in [-0.1, -0.05) is 11.2 Å². The molecule has 9 heteroatoms. The molecule has 0 aliphatic carbocycles. The van der Waals surface area contributed by atoms with E-state index in [-0.39, 0.29) is 11.7 Å². The smallest absolute Gasteiger partial charge is 0.383 e. The van der Waals surface area contributed by atoms with Crippen molar-refractivity contribution in [3.8, 4) is 0 Å². The summed E-state index contributed by atoms with van der Waals surface area (Å²) in [4.78, 5) is 26.6. The molecule has 0 bridgehead atoms. The van der Waals surface area contributed by atoms with Crippen molar-refractivity contribution in [3.63, 3.8) is 0 Å². The van der Waals surface area contributed by atoms with Crippen molar-refractivity contribution < 1.29 is 23.2 Å². The number of carbonyl (C=O) groups is 2. The zero-order chi connectivity index (χ0) is 14.4. The van der Waals surface area contributed by atoms with Crippen molar-refractivity contribution in [1.29, 1.82) is 0 Å². The summed E-state index contributed by atoms with van der Waals surface area (Å²) in [6.45, 7) is 0. The number of nitrogens with two attached hydrogens (primary N) is 1. The van der Waals surface area contributed by atoms with Crippen LogP contribution in [0.5, 0.6) is 0 Å². The Morgan fingerprint density at radius 1 is 1.37 bits per heavy atom. The van der Waals surface area contributed by atoms with Gasteiger partial charge in [-0.05, 0) is 12.1 Å². The summed E-state index contributed by atoms with van der Waals surface area (Å²) < 4.78 is 26.4. The molecule has 1 rings (SSSR count). The third-order valence-electron chi connectivity index (χ3n) is 1.79. The van der Waals surface area contributed by atoms with Gasteiger partial charge in [0, 0.05) is 0 Å². The van der Waals surface area contributed by atoms with Gasteiger partial charge in [0.25, 0.3) is 5.91 Å². The van der Waals surface area contributed by atoms with Gasteiger partial charge in [0.1, 0.15) is 17.2 Å². The van der Waals surface area contributed by atoms with E-state index >= 15 is 0 Å². The highest BCUT2D eigenvalue weighted by Gasteiger charge is 2.19. The van der Waals surface area contributed by atoms with Crippen molar-refractivity contribution in [2.24, 2.45) is 10.9 Å². The molecule has 0 aliphatic rings. The molecule has 0 spiro atoms. The summed E-state index contributed by atoms with van der Waals surface area (Å²) in [7, 11) is 0. The number of halogens is 3. The summed E-state index contributed by atoms with van der Waals surface area (Å²) in [5.41, 5.74) is 4.21. The molecule has 0 radical (unpaired) electrons. The molecule has 0 saturated heterocycles. The molecule has 6 nitrogen and oxygen atoms in total. The first-order valence-electron chi connectivity index (χ1n) is 4.80. The van der Waals surface area contributed by atoms with Crippen LogP contribution in [0.4, 0.5) is 13.6 Å². The highest BCUT2D eigenvalue weighted by Crippen LogP contribution is 2.11. The topological polar surface area (TPSA) is 93.8 Å². The zero-order valence-electron chi connectivity index (χ0n) is 9.32. The van der Waals surface area contributed by atoms with Crippen LogP contribution in [0.15, 0.2) is 23.4 Å². The lowest BCUT2D eigenvalue weighted by atomic mass is 10.2. The van der Waals surface area contributed by atoms with Gasteiger partial charge < -0.3 is 5.73 Å². The Balaban J connectivity index is 2.73. The van der Waals surface area contributed by atoms with E-state index in [9.17, 15) is 18.4 Å². The first-order chi connectivity index (χ1) is 8.95. The Morgan fingerprint density at radius 3 is 2.47 bits per heavy atom. The van der Waals surface area contributed by atoms with Gasteiger partial charge in [0.05, 0.1) is 5.88 Å². The number of benzene rings is 1. The highest BCUT2D eigenvalue weighted by atomic mass is 35.5. The van der Waals surface area contributed by atoms with Crippen LogP contribution in [-0.2, 0) is 4.84 Å². The Hall–Kier alpha value is -2.22. The Bertz CT molecular complexity index is 517. The van der Waals surface area contributed by atoms with E-state index in [1.807, 2.05) is 0 Å². The third kappa shape index (κ3) is 4.18. The molecule has 0 heterocycles. The second kappa shape index (κ2) is 6.64. The van der Waals surface area contributed by atoms with Gasteiger partial charge in [-0.3, -0.25) is 14.9 Å². The Morgan fingerprint density at radius 2 is 1.95 bits per heavy atom. The summed E-state index contributed by atoms with van der Waals surface area (Å²) in [6.07, 6.45) is -1.35. The SMILES string of the molecule is N/C(CCl)=N\OC(=O)NC(=O)c1c(F)cccc1F. The number of carbonyl (C=O) groups excluding carboxylic acids is 2. The van der Waals surface area contributed by atoms with E-state index in [1.54, 1.807) is 5.32 Å². The second-order valence-electron chi connectivity index (χ2n) is 3.15. The van der Waals surface area contributed by atoms with Gasteiger partial charge in [0.2, 0.25) is 0 Å². The number of rotatable bonds is 3. The molecule has 0 aliphatic heterocycles. The Kier molecular flexibility index (Phi) is 5.19. The van der Waals surface area contributed by atoms with E-state index in [4.69, 9.17) is 17.3 Å². The summed E-state index contributed by atoms with van der Waals surface area (Å²) in [5, 5.41) is 4.62. The normalized spacial score (nSPS) is 11.0. The van der Waals surface area contributed by atoms with Crippen molar-refractivity contribution in [2.45, 2.75) is 0 Å². The van der Waals surface area contributed by atoms with Crippen LogP contribution in [0, 0.1) is 11.6 Å². The molecule has 19 heavy (non-hydrogen) atoms. The van der Waals surface area contributed by atoms with Gasteiger partial charge in [0.15, 0.2) is 5.84 Å². The average Bonchev–Trinajstić information content (AvgIpc) is 2.35. The lowest BCUT2D eigenvalue weighted by Crippen LogP contribution is -2.32. The molecule has 0 fully saturated rings. The quantitative estimate of drug-likeness (QED) is 0.289. The molecule has 0 unspecified atom stereocenters. The number of hydrogen-bond acceptors (Lipinski definition) is 4. The fourth-order valence-electron chi connectivity index (χ4n) is 1.02. The molecule has 0 atom stereocenters. The van der Waals surface area contributed by atoms with Crippen LogP contribution < -0.4 is 11.1 Å². The molecule has 1 aromatic rings. The van der Waals surface area contributed by atoms with E-state index < -0.39 is 29.2 Å². The van der Waals surface area contributed by atoms with Crippen molar-refractivity contribution in [2.75, 3.05) is 5.88 Å². The van der Waals surface area contributed by atoms with Crippen LogP contribution in [0.1, 0.15) is 10.4 Å². The number of nitrogens with zero attached hydrogens (tertiary/aromatic N) is 1. The molecule has 2 amide bonds. The molecule has 102 valence electrons. The van der Waals surface area contributed by atoms with Crippen LogP contribution in [0.2, 0.25) is 0 Å². The highest BCUT2D eigenvalue weighted by molar-refractivity contribution is 6.27. The number of oxime groups is 1. The van der Waals surface area contributed by atoms with E-state index in [0.717, 1.165) is 18.2 Å². The number of imide groups is 1. The number of amidine groups is 1. The molecular weight excluding hydrogens is 284 g/mol. The second-order valence-corrected chi connectivity index (χ2v) is 3.41. The van der Waals surface area contributed by atoms with Gasteiger partial charge in [-0.25, -0.2) is 13.6 Å². The van der Waals surface area contributed by atoms with E-state index in [1.165, 1.54) is 0 Å². The molecular formula is C10H8ClF2N3O3. The van der Waals surface area contributed by atoms with Crippen molar-refractivity contribution in [3.05, 3.63) is 35.4 Å². The first-order valence-corrected chi connectivity index (χ1v) is 5.33. The summed E-state index contributed by atoms with van der Waals surface area (Å²) in [6, 6.07) is 2.81. The van der Waals surface area contributed by atoms with E-state index in [2.05, 4.69) is 9.99 Å².